The van der Waals surface area contributed by atoms with Crippen molar-refractivity contribution in [3.8, 4) is 11.3 Å². The molecule has 0 atom stereocenters. The fourth-order valence-corrected chi connectivity index (χ4v) is 4.00. The van der Waals surface area contributed by atoms with Gasteiger partial charge in [0.1, 0.15) is 17.3 Å². The van der Waals surface area contributed by atoms with Crippen molar-refractivity contribution in [1.29, 1.82) is 0 Å². The maximum Gasteiger partial charge on any atom is 0.433 e. The predicted molar refractivity (Wildman–Crippen MR) is 131 cm³/mol. The highest BCUT2D eigenvalue weighted by atomic mass is 32.1. The summed E-state index contributed by atoms with van der Waals surface area (Å²) in [5, 5.41) is 5.68. The third-order valence-corrected chi connectivity index (χ3v) is 5.78. The summed E-state index contributed by atoms with van der Waals surface area (Å²) in [4.78, 5) is 9.72. The van der Waals surface area contributed by atoms with Gasteiger partial charge < -0.3 is 20.0 Å². The van der Waals surface area contributed by atoms with E-state index >= 15 is 0 Å². The molecule has 0 saturated heterocycles. The van der Waals surface area contributed by atoms with Gasteiger partial charge in [0.15, 0.2) is 10.8 Å². The van der Waals surface area contributed by atoms with Crippen molar-refractivity contribution in [2.24, 2.45) is 0 Å². The largest absolute Gasteiger partial charge is 0.459 e. The van der Waals surface area contributed by atoms with Crippen LogP contribution in [0.5, 0.6) is 0 Å². The summed E-state index contributed by atoms with van der Waals surface area (Å²) < 4.78 is 46.5. The Hall–Kier alpha value is -3.92. The van der Waals surface area contributed by atoms with Gasteiger partial charge in [0.2, 0.25) is 5.95 Å². The number of furan rings is 1. The molecule has 0 spiro atoms. The van der Waals surface area contributed by atoms with Gasteiger partial charge in [-0.05, 0) is 35.5 Å². The number of benzene rings is 2. The second kappa shape index (κ2) is 9.38. The number of halogens is 3. The van der Waals surface area contributed by atoms with Gasteiger partial charge in [-0.15, -0.1) is 0 Å². The van der Waals surface area contributed by atoms with E-state index in [0.29, 0.717) is 24.6 Å². The van der Waals surface area contributed by atoms with Crippen LogP contribution in [0.25, 0.3) is 11.3 Å². The summed E-state index contributed by atoms with van der Waals surface area (Å²) >= 11 is 5.27. The molecule has 0 aliphatic carbocycles. The maximum atomic E-state index is 13.5. The van der Waals surface area contributed by atoms with Crippen molar-refractivity contribution in [3.63, 3.8) is 0 Å². The summed E-state index contributed by atoms with van der Waals surface area (Å²) in [5.74, 6) is 1.27. The molecule has 4 aromatic rings. The molecule has 178 valence electrons. The van der Waals surface area contributed by atoms with Crippen LogP contribution in [0.2, 0.25) is 0 Å². The molecule has 2 N–H and O–H groups in total. The maximum absolute atomic E-state index is 13.5. The summed E-state index contributed by atoms with van der Waals surface area (Å²) in [6, 6.07) is 22.0. The molecular formula is C25H20F3N5OS. The Morgan fingerprint density at radius 2 is 1.63 bits per heavy atom. The molecule has 5 rings (SSSR count). The number of alkyl halides is 3. The molecule has 1 aliphatic rings. The Morgan fingerprint density at radius 3 is 2.31 bits per heavy atom. The summed E-state index contributed by atoms with van der Waals surface area (Å²) in [6.45, 7) is 1.18. The second-order valence-corrected chi connectivity index (χ2v) is 8.41. The molecule has 3 heterocycles. The topological polar surface area (TPSA) is 66.2 Å². The number of nitrogens with one attached hydrogen (secondary N) is 2. The van der Waals surface area contributed by atoms with Crippen LogP contribution in [0.15, 0.2) is 77.2 Å². The first kappa shape index (κ1) is 22.9. The number of fused-ring (bicyclic) bond motifs is 1. The Morgan fingerprint density at radius 1 is 0.943 bits per heavy atom. The number of aromatic nitrogens is 2. The molecule has 2 aromatic carbocycles. The average Bonchev–Trinajstić information content (AvgIpc) is 3.50. The van der Waals surface area contributed by atoms with Crippen LogP contribution >= 0.6 is 12.2 Å². The van der Waals surface area contributed by atoms with E-state index in [1.54, 1.807) is 4.90 Å². The minimum Gasteiger partial charge on any atom is -0.459 e. The van der Waals surface area contributed by atoms with Crippen molar-refractivity contribution in [1.82, 2.24) is 15.3 Å². The zero-order valence-electron chi connectivity index (χ0n) is 18.3. The average molecular weight is 496 g/mol. The van der Waals surface area contributed by atoms with Crippen molar-refractivity contribution in [3.05, 3.63) is 95.4 Å². The van der Waals surface area contributed by atoms with Crippen molar-refractivity contribution >= 4 is 29.1 Å². The fourth-order valence-electron chi connectivity index (χ4n) is 3.84. The minimum atomic E-state index is -4.63. The Bertz CT molecular complexity index is 1330. The van der Waals surface area contributed by atoms with Crippen LogP contribution in [0, 0.1) is 0 Å². The Kier molecular flexibility index (Phi) is 6.12. The van der Waals surface area contributed by atoms with Crippen LogP contribution in [0.4, 0.5) is 24.9 Å². The number of anilines is 2. The first-order chi connectivity index (χ1) is 16.8. The van der Waals surface area contributed by atoms with Crippen molar-refractivity contribution in [2.45, 2.75) is 25.8 Å². The highest BCUT2D eigenvalue weighted by Crippen LogP contribution is 2.33. The van der Waals surface area contributed by atoms with E-state index in [1.165, 1.54) is 0 Å². The summed E-state index contributed by atoms with van der Waals surface area (Å²) in [6.07, 6.45) is -4.63. The third-order valence-electron chi connectivity index (χ3n) is 5.54. The number of nitrogens with zero attached hydrogens (tertiary/aromatic N) is 3. The molecule has 0 unspecified atom stereocenters. The smallest absolute Gasteiger partial charge is 0.433 e. The van der Waals surface area contributed by atoms with E-state index in [-0.39, 0.29) is 23.4 Å². The zero-order valence-corrected chi connectivity index (χ0v) is 19.2. The van der Waals surface area contributed by atoms with Gasteiger partial charge in [0.25, 0.3) is 0 Å². The van der Waals surface area contributed by atoms with Crippen LogP contribution in [-0.4, -0.2) is 15.1 Å². The number of hydrogen-bond donors (Lipinski definition) is 2. The summed E-state index contributed by atoms with van der Waals surface area (Å²) in [7, 11) is 0. The van der Waals surface area contributed by atoms with Gasteiger partial charge in [-0.25, -0.2) is 4.98 Å². The Balaban J connectivity index is 1.28. The van der Waals surface area contributed by atoms with E-state index in [2.05, 4.69) is 20.6 Å². The molecule has 10 heteroatoms. The molecule has 0 bridgehead atoms. The highest BCUT2D eigenvalue weighted by molar-refractivity contribution is 7.80. The highest BCUT2D eigenvalue weighted by Gasteiger charge is 2.35. The fraction of sp³-hybridized carbons (Fsp3) is 0.160. The first-order valence-electron chi connectivity index (χ1n) is 10.8. The normalized spacial score (nSPS) is 12.9. The van der Waals surface area contributed by atoms with E-state index < -0.39 is 11.9 Å². The van der Waals surface area contributed by atoms with E-state index in [0.717, 1.165) is 22.8 Å². The predicted octanol–water partition coefficient (Wildman–Crippen LogP) is 5.76. The SMILES string of the molecule is FC(F)(F)c1cc(N2Cc3ccccc3C2)nc(NC(=S)NCc2ccc(-c3ccccc3)o2)n1. The van der Waals surface area contributed by atoms with Gasteiger partial charge >= 0.3 is 6.18 Å². The first-order valence-corrected chi connectivity index (χ1v) is 11.2. The van der Waals surface area contributed by atoms with Gasteiger partial charge in [0, 0.05) is 24.7 Å². The number of hydrogen-bond acceptors (Lipinski definition) is 5. The van der Waals surface area contributed by atoms with Gasteiger partial charge in [0.05, 0.1) is 6.54 Å². The lowest BCUT2D eigenvalue weighted by Gasteiger charge is -2.19. The standard InChI is InChI=1S/C25H20F3N5OS/c26-25(27,28)21-12-22(33-14-17-8-4-5-9-18(17)15-33)31-23(30-21)32-24(35)29-13-19-10-11-20(34-19)16-6-2-1-3-7-16/h1-12H,13-15H2,(H2,29,30,31,32,35). The van der Waals surface area contributed by atoms with Gasteiger partial charge in [-0.2, -0.15) is 18.2 Å². The van der Waals surface area contributed by atoms with E-state index in [4.69, 9.17) is 16.6 Å². The summed E-state index contributed by atoms with van der Waals surface area (Å²) in [5.41, 5.74) is 2.01. The second-order valence-electron chi connectivity index (χ2n) is 8.00. The van der Waals surface area contributed by atoms with Crippen molar-refractivity contribution in [2.75, 3.05) is 10.2 Å². The van der Waals surface area contributed by atoms with Gasteiger partial charge in [-0.1, -0.05) is 54.6 Å². The minimum absolute atomic E-state index is 0.0812. The van der Waals surface area contributed by atoms with Gasteiger partial charge in [-0.3, -0.25) is 0 Å². The molecule has 1 aliphatic heterocycles. The molecule has 6 nitrogen and oxygen atoms in total. The molecule has 2 aromatic heterocycles. The van der Waals surface area contributed by atoms with Crippen LogP contribution in [0.3, 0.4) is 0 Å². The molecular weight excluding hydrogens is 475 g/mol. The number of thiocarbonyl (C=S) groups is 1. The number of rotatable bonds is 5. The van der Waals surface area contributed by atoms with Crippen LogP contribution < -0.4 is 15.5 Å². The lowest BCUT2D eigenvalue weighted by molar-refractivity contribution is -0.141. The molecule has 0 amide bonds. The monoisotopic (exact) mass is 495 g/mol. The van der Waals surface area contributed by atoms with Crippen molar-refractivity contribution < 1.29 is 17.6 Å². The lowest BCUT2D eigenvalue weighted by atomic mass is 10.1. The molecule has 0 radical (unpaired) electrons. The molecule has 0 fully saturated rings. The Labute approximate surface area is 204 Å². The van der Waals surface area contributed by atoms with Crippen LogP contribution in [-0.2, 0) is 25.8 Å². The molecule has 0 saturated carbocycles. The van der Waals surface area contributed by atoms with E-state index in [1.807, 2.05) is 66.7 Å². The zero-order chi connectivity index (χ0) is 24.4. The van der Waals surface area contributed by atoms with E-state index in [9.17, 15) is 13.2 Å². The third kappa shape index (κ3) is 5.27. The van der Waals surface area contributed by atoms with Crippen LogP contribution in [0.1, 0.15) is 22.6 Å². The molecule has 35 heavy (non-hydrogen) atoms. The quantitative estimate of drug-likeness (QED) is 0.341. The lowest BCUT2D eigenvalue weighted by Crippen LogP contribution is -2.29.